The number of carbonyl (C=O) groups excluding carboxylic acids is 3. The molecule has 3 amide bonds. The highest BCUT2D eigenvalue weighted by molar-refractivity contribution is 5.96. The Morgan fingerprint density at radius 2 is 1.77 bits per heavy atom. The Labute approximate surface area is 206 Å². The van der Waals surface area contributed by atoms with E-state index in [1.165, 1.54) is 6.92 Å². The molecule has 0 saturated carbocycles. The number of fused-ring (bicyclic) bond motifs is 1. The van der Waals surface area contributed by atoms with E-state index in [1.54, 1.807) is 11.0 Å². The van der Waals surface area contributed by atoms with Gasteiger partial charge in [-0.1, -0.05) is 6.42 Å². The van der Waals surface area contributed by atoms with Crippen LogP contribution in [0.4, 0.5) is 5.69 Å². The van der Waals surface area contributed by atoms with Gasteiger partial charge in [-0.05, 0) is 56.9 Å². The molecule has 0 bridgehead atoms. The molecule has 0 radical (unpaired) electrons. The highest BCUT2D eigenvalue weighted by Gasteiger charge is 2.23. The average molecular weight is 482 g/mol. The normalized spacial score (nSPS) is 16.0. The Bertz CT molecular complexity index is 1070. The van der Waals surface area contributed by atoms with E-state index in [0.717, 1.165) is 68.5 Å². The van der Waals surface area contributed by atoms with Gasteiger partial charge in [0.15, 0.2) is 0 Å². The summed E-state index contributed by atoms with van der Waals surface area (Å²) in [4.78, 5) is 42.1. The van der Waals surface area contributed by atoms with Crippen molar-refractivity contribution in [3.05, 3.63) is 30.0 Å². The number of hydrogen-bond donors (Lipinski definition) is 2. The van der Waals surface area contributed by atoms with Crippen LogP contribution >= 0.6 is 0 Å². The number of furan rings is 1. The van der Waals surface area contributed by atoms with Gasteiger partial charge in [-0.2, -0.15) is 0 Å². The summed E-state index contributed by atoms with van der Waals surface area (Å²) < 4.78 is 5.44. The van der Waals surface area contributed by atoms with Gasteiger partial charge >= 0.3 is 0 Å². The lowest BCUT2D eigenvalue weighted by molar-refractivity contribution is -0.139. The van der Waals surface area contributed by atoms with Gasteiger partial charge in [0.05, 0.1) is 12.2 Å². The molecule has 2 aliphatic heterocycles. The lowest BCUT2D eigenvalue weighted by atomic mass is 10.2. The van der Waals surface area contributed by atoms with Gasteiger partial charge in [-0.3, -0.25) is 19.7 Å². The number of nitrogens with two attached hydrogens (primary N) is 1. The Morgan fingerprint density at radius 3 is 2.46 bits per heavy atom. The second kappa shape index (κ2) is 13.8. The molecule has 0 spiro atoms. The van der Waals surface area contributed by atoms with Gasteiger partial charge in [0.25, 0.3) is 0 Å². The molecule has 3 heterocycles. The van der Waals surface area contributed by atoms with Crippen molar-refractivity contribution in [2.75, 3.05) is 26.2 Å². The third kappa shape index (κ3) is 8.81. The highest BCUT2D eigenvalue weighted by Crippen LogP contribution is 2.24. The maximum absolute atomic E-state index is 11.9. The van der Waals surface area contributed by atoms with E-state index in [2.05, 4.69) is 23.2 Å². The van der Waals surface area contributed by atoms with E-state index in [-0.39, 0.29) is 23.7 Å². The molecule has 35 heavy (non-hydrogen) atoms. The zero-order valence-electron chi connectivity index (χ0n) is 20.6. The first-order valence-corrected chi connectivity index (χ1v) is 11.8. The minimum absolute atomic E-state index is 0.0806. The molecule has 4 rings (SSSR count). The third-order valence-corrected chi connectivity index (χ3v) is 5.63. The largest absolute Gasteiger partial charge is 0.461 e. The fourth-order valence-electron chi connectivity index (χ4n) is 4.02. The fourth-order valence-corrected chi connectivity index (χ4v) is 4.02. The highest BCUT2D eigenvalue weighted by atomic mass is 16.3. The summed E-state index contributed by atoms with van der Waals surface area (Å²) in [6, 6.07) is 7.37. The second-order valence-corrected chi connectivity index (χ2v) is 8.47. The molecule has 1 aromatic heterocycles. The molecule has 2 aliphatic rings. The van der Waals surface area contributed by atoms with E-state index < -0.39 is 0 Å². The molecule has 2 aromatic rings. The minimum atomic E-state index is -0.244. The van der Waals surface area contributed by atoms with E-state index in [0.29, 0.717) is 18.7 Å². The first-order chi connectivity index (χ1) is 16.8. The molecule has 0 atom stereocenters. The van der Waals surface area contributed by atoms with Crippen molar-refractivity contribution in [1.29, 1.82) is 0 Å². The van der Waals surface area contributed by atoms with E-state index in [9.17, 15) is 14.4 Å². The van der Waals surface area contributed by atoms with Gasteiger partial charge in [0.1, 0.15) is 11.3 Å². The number of carbonyl (C=O) groups is 3. The molecular weight excluding hydrogens is 446 g/mol. The van der Waals surface area contributed by atoms with E-state index >= 15 is 0 Å². The standard InChI is InChI=1S/C12H13N3O2.C12H20N2O2.C2H2/c1-7-5-9-6-10(3-4-11(9)17-7)15-12(13)14-8(2)16;15-11-6-2-1-3-9-14(11)10-12(16)13-7-4-5-8-13;1-2/h3-6H,1-2H3,(H3,13,14,15,16);1-10H2;1-2H. The Balaban J connectivity index is 0.000000231. The SMILES string of the molecule is C#C.CC(=O)NC(N)=Nc1ccc2oc(C)cc2c1.O=C(CN1CCCCCC1=O)N1CCCC1. The molecule has 9 heteroatoms. The van der Waals surface area contributed by atoms with Gasteiger partial charge in [-0.25, -0.2) is 4.99 Å². The fraction of sp³-hybridized carbons (Fsp3) is 0.462. The number of terminal acetylenes is 1. The number of likely N-dealkylation sites (tertiary alicyclic amines) is 2. The van der Waals surface area contributed by atoms with Crippen molar-refractivity contribution in [2.45, 2.75) is 52.4 Å². The Kier molecular flexibility index (Phi) is 10.8. The summed E-state index contributed by atoms with van der Waals surface area (Å²) >= 11 is 0. The van der Waals surface area contributed by atoms with Crippen molar-refractivity contribution in [3.63, 3.8) is 0 Å². The number of benzene rings is 1. The van der Waals surface area contributed by atoms with Gasteiger partial charge in [-0.15, -0.1) is 12.8 Å². The number of nitrogens with one attached hydrogen (secondary N) is 1. The number of guanidine groups is 1. The van der Waals surface area contributed by atoms with Crippen LogP contribution in [0.5, 0.6) is 0 Å². The van der Waals surface area contributed by atoms with Crippen LogP contribution in [0.1, 0.15) is 51.2 Å². The number of aliphatic imine (C=N–C) groups is 1. The number of amides is 3. The summed E-state index contributed by atoms with van der Waals surface area (Å²) in [6.07, 6.45) is 14.0. The lowest BCUT2D eigenvalue weighted by Crippen LogP contribution is -2.41. The number of rotatable bonds is 3. The first kappa shape index (κ1) is 27.4. The number of nitrogens with zero attached hydrogens (tertiary/aromatic N) is 3. The predicted octanol–water partition coefficient (Wildman–Crippen LogP) is 3.08. The van der Waals surface area contributed by atoms with Crippen LogP contribution in [-0.4, -0.2) is 59.7 Å². The van der Waals surface area contributed by atoms with E-state index in [4.69, 9.17) is 10.2 Å². The Morgan fingerprint density at radius 1 is 1.09 bits per heavy atom. The summed E-state index contributed by atoms with van der Waals surface area (Å²) in [6.45, 7) is 6.08. The molecule has 3 N–H and O–H groups in total. The number of hydrogen-bond acceptors (Lipinski definition) is 5. The van der Waals surface area contributed by atoms with Crippen LogP contribution in [0.3, 0.4) is 0 Å². The van der Waals surface area contributed by atoms with Crippen LogP contribution in [0.15, 0.2) is 33.7 Å². The molecule has 2 saturated heterocycles. The molecule has 188 valence electrons. The molecule has 0 aliphatic carbocycles. The van der Waals surface area contributed by atoms with Gasteiger partial charge < -0.3 is 20.0 Å². The maximum atomic E-state index is 11.9. The summed E-state index contributed by atoms with van der Waals surface area (Å²) in [5, 5.41) is 3.37. The second-order valence-electron chi connectivity index (χ2n) is 8.47. The summed E-state index contributed by atoms with van der Waals surface area (Å²) in [5.74, 6) is 0.970. The zero-order chi connectivity index (χ0) is 25.8. The monoisotopic (exact) mass is 481 g/mol. The topological polar surface area (TPSA) is 121 Å². The van der Waals surface area contributed by atoms with Gasteiger partial charge in [0.2, 0.25) is 23.7 Å². The molecular formula is C26H35N5O4. The zero-order valence-corrected chi connectivity index (χ0v) is 20.6. The van der Waals surface area contributed by atoms with Crippen molar-refractivity contribution in [3.8, 4) is 12.8 Å². The lowest BCUT2D eigenvalue weighted by Gasteiger charge is -2.23. The van der Waals surface area contributed by atoms with E-state index in [1.807, 2.05) is 30.0 Å². The molecule has 2 fully saturated rings. The summed E-state index contributed by atoms with van der Waals surface area (Å²) in [5.41, 5.74) is 7.03. The smallest absolute Gasteiger partial charge is 0.242 e. The Hall–Kier alpha value is -3.80. The van der Waals surface area contributed by atoms with Gasteiger partial charge in [0, 0.05) is 38.4 Å². The van der Waals surface area contributed by atoms with Crippen LogP contribution in [0, 0.1) is 19.8 Å². The molecule has 1 aromatic carbocycles. The molecule has 0 unspecified atom stereocenters. The quantitative estimate of drug-likeness (QED) is 0.396. The van der Waals surface area contributed by atoms with Crippen LogP contribution in [0.2, 0.25) is 0 Å². The molecule has 9 nitrogen and oxygen atoms in total. The average Bonchev–Trinajstić information content (AvgIpc) is 3.43. The van der Waals surface area contributed by atoms with Crippen molar-refractivity contribution < 1.29 is 18.8 Å². The first-order valence-electron chi connectivity index (χ1n) is 11.8. The predicted molar refractivity (Wildman–Crippen MR) is 137 cm³/mol. The van der Waals surface area contributed by atoms with Crippen molar-refractivity contribution >= 4 is 40.3 Å². The van der Waals surface area contributed by atoms with Crippen LogP contribution in [0.25, 0.3) is 11.0 Å². The van der Waals surface area contributed by atoms with Crippen LogP contribution in [-0.2, 0) is 14.4 Å². The maximum Gasteiger partial charge on any atom is 0.242 e. The summed E-state index contributed by atoms with van der Waals surface area (Å²) in [7, 11) is 0. The van der Waals surface area contributed by atoms with Crippen LogP contribution < -0.4 is 11.1 Å². The minimum Gasteiger partial charge on any atom is -0.461 e. The van der Waals surface area contributed by atoms with Crippen molar-refractivity contribution in [1.82, 2.24) is 15.1 Å². The van der Waals surface area contributed by atoms with Crippen molar-refractivity contribution in [2.24, 2.45) is 10.7 Å². The third-order valence-electron chi connectivity index (χ3n) is 5.63. The number of aryl methyl sites for hydroxylation is 1.